The lowest BCUT2D eigenvalue weighted by Crippen LogP contribution is -2.37. The van der Waals surface area contributed by atoms with Gasteiger partial charge in [0.25, 0.3) is 11.8 Å². The largest absolute Gasteiger partial charge is 0.336 e. The summed E-state index contributed by atoms with van der Waals surface area (Å²) in [5.74, 6) is -0.508. The van der Waals surface area contributed by atoms with Crippen LogP contribution in [0.4, 0.5) is 0 Å². The highest BCUT2D eigenvalue weighted by atomic mass is 16.2. The summed E-state index contributed by atoms with van der Waals surface area (Å²) >= 11 is 0. The first-order valence-corrected chi connectivity index (χ1v) is 9.27. The Labute approximate surface area is 159 Å². The molecule has 0 atom stereocenters. The fourth-order valence-electron chi connectivity index (χ4n) is 3.31. The van der Waals surface area contributed by atoms with Crippen LogP contribution in [0.2, 0.25) is 0 Å². The number of amides is 3. The van der Waals surface area contributed by atoms with Gasteiger partial charge in [0, 0.05) is 25.6 Å². The zero-order chi connectivity index (χ0) is 19.4. The minimum Gasteiger partial charge on any atom is -0.336 e. The van der Waals surface area contributed by atoms with Crippen LogP contribution >= 0.6 is 0 Å². The van der Waals surface area contributed by atoms with Gasteiger partial charge in [-0.15, -0.1) is 0 Å². The summed E-state index contributed by atoms with van der Waals surface area (Å²) in [4.78, 5) is 40.5. The van der Waals surface area contributed by atoms with Crippen LogP contribution in [0, 0.1) is 0 Å². The molecule has 1 heterocycles. The van der Waals surface area contributed by atoms with Crippen molar-refractivity contribution in [2.45, 2.75) is 39.3 Å². The number of imide groups is 1. The molecular weight excluding hydrogens is 340 g/mol. The maximum absolute atomic E-state index is 12.7. The normalized spacial score (nSPS) is 13.2. The summed E-state index contributed by atoms with van der Waals surface area (Å²) < 4.78 is 0. The van der Waals surface area contributed by atoms with Gasteiger partial charge >= 0.3 is 0 Å². The van der Waals surface area contributed by atoms with Gasteiger partial charge in [0.1, 0.15) is 0 Å². The molecule has 140 valence electrons. The molecule has 0 bridgehead atoms. The van der Waals surface area contributed by atoms with E-state index in [0.29, 0.717) is 30.5 Å². The van der Waals surface area contributed by atoms with Crippen molar-refractivity contribution < 1.29 is 14.4 Å². The first-order valence-electron chi connectivity index (χ1n) is 9.27. The third-order valence-corrected chi connectivity index (χ3v) is 4.79. The second-order valence-corrected chi connectivity index (χ2v) is 7.01. The molecular formula is C22H24N2O3. The second-order valence-electron chi connectivity index (χ2n) is 7.01. The maximum atomic E-state index is 12.7. The number of carbonyl (C=O) groups is 3. The first kappa shape index (κ1) is 18.8. The van der Waals surface area contributed by atoms with Crippen molar-refractivity contribution >= 4 is 17.7 Å². The number of carbonyl (C=O) groups excluding carboxylic acids is 3. The highest BCUT2D eigenvalue weighted by Gasteiger charge is 2.34. The molecule has 0 saturated heterocycles. The van der Waals surface area contributed by atoms with Crippen LogP contribution in [-0.2, 0) is 11.3 Å². The summed E-state index contributed by atoms with van der Waals surface area (Å²) in [6.07, 6.45) is 0.765. The highest BCUT2D eigenvalue weighted by Crippen LogP contribution is 2.23. The molecule has 0 aliphatic carbocycles. The van der Waals surface area contributed by atoms with Crippen molar-refractivity contribution in [3.05, 3.63) is 71.3 Å². The van der Waals surface area contributed by atoms with E-state index < -0.39 is 0 Å². The van der Waals surface area contributed by atoms with Crippen LogP contribution in [0.25, 0.3) is 0 Å². The molecule has 0 aromatic heterocycles. The van der Waals surface area contributed by atoms with Gasteiger partial charge in [0.15, 0.2) is 0 Å². The van der Waals surface area contributed by atoms with Crippen LogP contribution in [0.15, 0.2) is 54.6 Å². The highest BCUT2D eigenvalue weighted by molar-refractivity contribution is 6.21. The number of nitrogens with zero attached hydrogens (tertiary/aromatic N) is 2. The number of hydrogen-bond donors (Lipinski definition) is 0. The van der Waals surface area contributed by atoms with Crippen molar-refractivity contribution in [2.24, 2.45) is 0 Å². The van der Waals surface area contributed by atoms with Gasteiger partial charge in [-0.2, -0.15) is 0 Å². The summed E-state index contributed by atoms with van der Waals surface area (Å²) in [6, 6.07) is 16.8. The molecule has 27 heavy (non-hydrogen) atoms. The lowest BCUT2D eigenvalue weighted by Gasteiger charge is -2.27. The van der Waals surface area contributed by atoms with Crippen molar-refractivity contribution in [2.75, 3.05) is 6.54 Å². The third-order valence-electron chi connectivity index (χ3n) is 4.79. The molecule has 0 unspecified atom stereocenters. The van der Waals surface area contributed by atoms with E-state index in [9.17, 15) is 14.4 Å². The van der Waals surface area contributed by atoms with Gasteiger partial charge in [-0.05, 0) is 38.0 Å². The fourth-order valence-corrected chi connectivity index (χ4v) is 3.31. The first-order chi connectivity index (χ1) is 13.0. The Hall–Kier alpha value is -2.95. The molecule has 3 rings (SSSR count). The molecule has 1 aliphatic heterocycles. The molecule has 1 aliphatic rings. The number of rotatable bonds is 7. The fraction of sp³-hybridized carbons (Fsp3) is 0.318. The predicted octanol–water partition coefficient (Wildman–Crippen LogP) is 3.50. The SMILES string of the molecule is CC(C)N(Cc1ccccc1)C(=O)CCCN1C(=O)c2ccccc2C1=O. The van der Waals surface area contributed by atoms with E-state index in [2.05, 4.69) is 0 Å². The molecule has 3 amide bonds. The average Bonchev–Trinajstić information content (AvgIpc) is 2.91. The molecule has 2 aromatic carbocycles. The lowest BCUT2D eigenvalue weighted by atomic mass is 10.1. The molecule has 0 fully saturated rings. The van der Waals surface area contributed by atoms with Crippen LogP contribution in [0.3, 0.4) is 0 Å². The second kappa shape index (κ2) is 8.16. The van der Waals surface area contributed by atoms with Gasteiger partial charge in [0.2, 0.25) is 5.91 Å². The van der Waals surface area contributed by atoms with E-state index in [-0.39, 0.29) is 30.3 Å². The average molecular weight is 364 g/mol. The lowest BCUT2D eigenvalue weighted by molar-refractivity contribution is -0.133. The van der Waals surface area contributed by atoms with E-state index in [1.807, 2.05) is 49.1 Å². The summed E-state index contributed by atoms with van der Waals surface area (Å²) in [5, 5.41) is 0. The Morgan fingerprint density at radius 2 is 1.48 bits per heavy atom. The Kier molecular flexibility index (Phi) is 5.69. The molecule has 0 spiro atoms. The van der Waals surface area contributed by atoms with Crippen molar-refractivity contribution in [1.29, 1.82) is 0 Å². The van der Waals surface area contributed by atoms with E-state index in [4.69, 9.17) is 0 Å². The molecule has 2 aromatic rings. The summed E-state index contributed by atoms with van der Waals surface area (Å²) in [5.41, 5.74) is 1.98. The van der Waals surface area contributed by atoms with Gasteiger partial charge in [-0.1, -0.05) is 42.5 Å². The minimum absolute atomic E-state index is 0.0328. The smallest absolute Gasteiger partial charge is 0.261 e. The predicted molar refractivity (Wildman–Crippen MR) is 103 cm³/mol. The van der Waals surface area contributed by atoms with Gasteiger partial charge in [-0.25, -0.2) is 0 Å². The molecule has 5 heteroatoms. The topological polar surface area (TPSA) is 57.7 Å². The Morgan fingerprint density at radius 3 is 2.04 bits per heavy atom. The Balaban J connectivity index is 1.57. The Morgan fingerprint density at radius 1 is 0.926 bits per heavy atom. The third kappa shape index (κ3) is 4.08. The zero-order valence-corrected chi connectivity index (χ0v) is 15.7. The van der Waals surface area contributed by atoms with Crippen LogP contribution in [0.1, 0.15) is 53.0 Å². The van der Waals surface area contributed by atoms with Crippen molar-refractivity contribution in [1.82, 2.24) is 9.80 Å². The van der Waals surface area contributed by atoms with Crippen molar-refractivity contribution in [3.8, 4) is 0 Å². The zero-order valence-electron chi connectivity index (χ0n) is 15.7. The number of fused-ring (bicyclic) bond motifs is 1. The van der Waals surface area contributed by atoms with Crippen LogP contribution in [0.5, 0.6) is 0 Å². The molecule has 5 nitrogen and oxygen atoms in total. The van der Waals surface area contributed by atoms with Crippen LogP contribution < -0.4 is 0 Å². The summed E-state index contributed by atoms with van der Waals surface area (Å²) in [6.45, 7) is 4.80. The van der Waals surface area contributed by atoms with E-state index in [1.165, 1.54) is 4.90 Å². The molecule has 0 saturated carbocycles. The van der Waals surface area contributed by atoms with Gasteiger partial charge in [0.05, 0.1) is 11.1 Å². The minimum atomic E-state index is -0.270. The molecule has 0 N–H and O–H groups in total. The monoisotopic (exact) mass is 364 g/mol. The Bertz CT molecular complexity index is 811. The van der Waals surface area contributed by atoms with Gasteiger partial charge < -0.3 is 4.90 Å². The van der Waals surface area contributed by atoms with Crippen molar-refractivity contribution in [3.63, 3.8) is 0 Å². The van der Waals surface area contributed by atoms with E-state index in [0.717, 1.165) is 5.56 Å². The number of benzene rings is 2. The quantitative estimate of drug-likeness (QED) is 0.707. The van der Waals surface area contributed by atoms with Crippen LogP contribution in [-0.4, -0.2) is 40.1 Å². The van der Waals surface area contributed by atoms with E-state index in [1.54, 1.807) is 24.3 Å². The maximum Gasteiger partial charge on any atom is 0.261 e. The summed E-state index contributed by atoms with van der Waals surface area (Å²) in [7, 11) is 0. The van der Waals surface area contributed by atoms with Gasteiger partial charge in [-0.3, -0.25) is 19.3 Å². The standard InChI is InChI=1S/C22H24N2O3/c1-16(2)24(15-17-9-4-3-5-10-17)20(25)13-8-14-23-21(26)18-11-6-7-12-19(18)22(23)27/h3-7,9-12,16H,8,13-15H2,1-2H3. The van der Waals surface area contributed by atoms with E-state index >= 15 is 0 Å². The number of hydrogen-bond acceptors (Lipinski definition) is 3. The molecule has 0 radical (unpaired) electrons.